The SMILES string of the molecule is CN(C)c1ccc([NH+]([O-])O)cc1C(=O)OCC(=O)N1CCC[C@@H]2CCCC[C@H]21. The van der Waals surface area contributed by atoms with E-state index in [-0.39, 0.29) is 29.8 Å². The first-order chi connectivity index (χ1) is 13.4. The molecular formula is C20H29N3O5. The summed E-state index contributed by atoms with van der Waals surface area (Å²) >= 11 is 0. The Bertz CT molecular complexity index is 720. The molecule has 1 unspecified atom stereocenters. The van der Waals surface area contributed by atoms with Gasteiger partial charge in [-0.3, -0.25) is 4.79 Å². The summed E-state index contributed by atoms with van der Waals surface area (Å²) in [6, 6.07) is 4.57. The fourth-order valence-electron chi connectivity index (χ4n) is 4.44. The van der Waals surface area contributed by atoms with Gasteiger partial charge in [0.1, 0.15) is 0 Å². The summed E-state index contributed by atoms with van der Waals surface area (Å²) in [7, 11) is 3.52. The van der Waals surface area contributed by atoms with Crippen molar-refractivity contribution in [2.45, 2.75) is 44.6 Å². The van der Waals surface area contributed by atoms with E-state index in [9.17, 15) is 20.0 Å². The number of amides is 1. The van der Waals surface area contributed by atoms with Crippen LogP contribution in [0.3, 0.4) is 0 Å². The van der Waals surface area contributed by atoms with E-state index in [2.05, 4.69) is 0 Å². The van der Waals surface area contributed by atoms with Crippen LogP contribution in [0.25, 0.3) is 0 Å². The van der Waals surface area contributed by atoms with Crippen molar-refractivity contribution in [1.29, 1.82) is 0 Å². The van der Waals surface area contributed by atoms with Crippen molar-refractivity contribution in [3.05, 3.63) is 29.0 Å². The maximum atomic E-state index is 12.7. The molecule has 1 heterocycles. The molecule has 1 aliphatic heterocycles. The zero-order valence-corrected chi connectivity index (χ0v) is 16.5. The Labute approximate surface area is 165 Å². The molecule has 3 rings (SSSR count). The molecule has 3 atom stereocenters. The zero-order chi connectivity index (χ0) is 20.3. The van der Waals surface area contributed by atoms with Gasteiger partial charge in [-0.1, -0.05) is 12.8 Å². The number of piperidine rings is 1. The van der Waals surface area contributed by atoms with Crippen LogP contribution in [-0.2, 0) is 9.53 Å². The number of anilines is 1. The second-order valence-electron chi connectivity index (χ2n) is 7.85. The molecule has 1 aliphatic carbocycles. The summed E-state index contributed by atoms with van der Waals surface area (Å²) < 4.78 is 5.30. The topological polar surface area (TPSA) is 97.6 Å². The average Bonchev–Trinajstić information content (AvgIpc) is 2.70. The monoisotopic (exact) mass is 391 g/mol. The third kappa shape index (κ3) is 4.45. The molecule has 1 aromatic carbocycles. The number of fused-ring (bicyclic) bond motifs is 1. The largest absolute Gasteiger partial charge is 0.595 e. The fraction of sp³-hybridized carbons (Fsp3) is 0.600. The molecule has 0 spiro atoms. The minimum Gasteiger partial charge on any atom is -0.595 e. The summed E-state index contributed by atoms with van der Waals surface area (Å²) in [6.45, 7) is 0.404. The lowest BCUT2D eigenvalue weighted by Crippen LogP contribution is -2.99. The van der Waals surface area contributed by atoms with E-state index in [0.29, 0.717) is 11.6 Å². The minimum absolute atomic E-state index is 0.00459. The normalized spacial score (nSPS) is 22.9. The number of nitrogens with one attached hydrogen (secondary N) is 1. The second-order valence-corrected chi connectivity index (χ2v) is 7.85. The Morgan fingerprint density at radius 3 is 2.68 bits per heavy atom. The molecule has 1 saturated heterocycles. The number of hydrogen-bond donors (Lipinski definition) is 2. The van der Waals surface area contributed by atoms with E-state index < -0.39 is 11.2 Å². The summed E-state index contributed by atoms with van der Waals surface area (Å²) in [6.07, 6.45) is 6.72. The van der Waals surface area contributed by atoms with Crippen molar-refractivity contribution in [3.8, 4) is 0 Å². The number of nitrogens with zero attached hydrogens (tertiary/aromatic N) is 2. The first-order valence-electron chi connectivity index (χ1n) is 9.89. The minimum atomic E-state index is -1.12. The Hall–Kier alpha value is -2.16. The standard InChI is InChI=1S/C20H29N3O5/c1-21(2)18-10-9-15(23(26)27)12-16(18)20(25)28-13-19(24)22-11-5-7-14-6-3-4-8-17(14)22/h9-10,12,14,17,23,26H,3-8,11,13H2,1-2H3/t14-,17+/m0/s1. The predicted molar refractivity (Wildman–Crippen MR) is 104 cm³/mol. The highest BCUT2D eigenvalue weighted by Crippen LogP contribution is 2.35. The average molecular weight is 391 g/mol. The molecule has 8 heteroatoms. The highest BCUT2D eigenvalue weighted by Gasteiger charge is 2.36. The van der Waals surface area contributed by atoms with E-state index in [4.69, 9.17) is 4.74 Å². The fourth-order valence-corrected chi connectivity index (χ4v) is 4.44. The van der Waals surface area contributed by atoms with Gasteiger partial charge in [-0.25, -0.2) is 10.0 Å². The van der Waals surface area contributed by atoms with Crippen molar-refractivity contribution < 1.29 is 24.8 Å². The Balaban J connectivity index is 1.68. The molecule has 0 aromatic heterocycles. The Morgan fingerprint density at radius 2 is 1.96 bits per heavy atom. The summed E-state index contributed by atoms with van der Waals surface area (Å²) in [5.41, 5.74) is 0.699. The van der Waals surface area contributed by atoms with Crippen LogP contribution in [0, 0.1) is 11.1 Å². The van der Waals surface area contributed by atoms with Crippen LogP contribution in [0.5, 0.6) is 0 Å². The molecule has 0 radical (unpaired) electrons. The number of hydrogen-bond acceptors (Lipinski definition) is 6. The predicted octanol–water partition coefficient (Wildman–Crippen LogP) is 1.49. The van der Waals surface area contributed by atoms with Crippen molar-refractivity contribution in [2.75, 3.05) is 32.1 Å². The van der Waals surface area contributed by atoms with E-state index >= 15 is 0 Å². The summed E-state index contributed by atoms with van der Waals surface area (Å²) in [4.78, 5) is 28.9. The van der Waals surface area contributed by atoms with Crippen LogP contribution in [0.1, 0.15) is 48.9 Å². The number of carbonyl (C=O) groups is 2. The van der Waals surface area contributed by atoms with Crippen LogP contribution in [0.4, 0.5) is 11.4 Å². The van der Waals surface area contributed by atoms with Crippen molar-refractivity contribution in [2.24, 2.45) is 5.92 Å². The van der Waals surface area contributed by atoms with Gasteiger partial charge >= 0.3 is 5.97 Å². The molecule has 0 bridgehead atoms. The van der Waals surface area contributed by atoms with Gasteiger partial charge < -0.3 is 19.7 Å². The maximum absolute atomic E-state index is 12.7. The maximum Gasteiger partial charge on any atom is 0.340 e. The van der Waals surface area contributed by atoms with E-state index in [1.807, 2.05) is 4.90 Å². The molecule has 8 nitrogen and oxygen atoms in total. The number of benzene rings is 1. The number of esters is 1. The van der Waals surface area contributed by atoms with Gasteiger partial charge in [-0.2, -0.15) is 5.23 Å². The molecule has 1 amide bonds. The molecule has 2 fully saturated rings. The number of ether oxygens (including phenoxy) is 1. The van der Waals surface area contributed by atoms with Gasteiger partial charge in [-0.05, 0) is 37.7 Å². The van der Waals surface area contributed by atoms with E-state index in [1.54, 1.807) is 25.1 Å². The van der Waals surface area contributed by atoms with Crippen molar-refractivity contribution in [3.63, 3.8) is 0 Å². The Kier molecular flexibility index (Phi) is 6.53. The quantitative estimate of drug-likeness (QED) is 0.583. The lowest BCUT2D eigenvalue weighted by molar-refractivity contribution is -0.991. The molecule has 154 valence electrons. The van der Waals surface area contributed by atoms with E-state index in [0.717, 1.165) is 25.8 Å². The van der Waals surface area contributed by atoms with Crippen LogP contribution < -0.4 is 10.1 Å². The second kappa shape index (κ2) is 8.89. The van der Waals surface area contributed by atoms with Gasteiger partial charge in [0.15, 0.2) is 12.3 Å². The summed E-state index contributed by atoms with van der Waals surface area (Å²) in [5.74, 6) is -0.280. The smallest absolute Gasteiger partial charge is 0.340 e. The highest BCUT2D eigenvalue weighted by atomic mass is 16.8. The number of quaternary nitrogens is 1. The number of carbonyl (C=O) groups excluding carboxylic acids is 2. The first kappa shape index (κ1) is 20.6. The van der Waals surface area contributed by atoms with Crippen LogP contribution in [0.15, 0.2) is 18.2 Å². The zero-order valence-electron chi connectivity index (χ0n) is 16.5. The summed E-state index contributed by atoms with van der Waals surface area (Å²) in [5, 5.41) is 19.3. The lowest BCUT2D eigenvalue weighted by atomic mass is 9.78. The molecule has 1 aromatic rings. The van der Waals surface area contributed by atoms with Gasteiger partial charge in [0.25, 0.3) is 5.91 Å². The molecule has 2 aliphatic rings. The molecule has 2 N–H and O–H groups in total. The van der Waals surface area contributed by atoms with Crippen molar-refractivity contribution in [1.82, 2.24) is 4.90 Å². The third-order valence-electron chi connectivity index (χ3n) is 5.84. The third-order valence-corrected chi connectivity index (χ3v) is 5.84. The number of likely N-dealkylation sites (tertiary alicyclic amines) is 1. The number of rotatable bonds is 5. The van der Waals surface area contributed by atoms with Crippen LogP contribution in [0.2, 0.25) is 0 Å². The van der Waals surface area contributed by atoms with Gasteiger partial charge in [0, 0.05) is 38.8 Å². The van der Waals surface area contributed by atoms with Gasteiger partial charge in [-0.15, -0.1) is 0 Å². The first-order valence-corrected chi connectivity index (χ1v) is 9.89. The molecular weight excluding hydrogens is 362 g/mol. The van der Waals surface area contributed by atoms with Crippen LogP contribution in [-0.4, -0.2) is 55.3 Å². The van der Waals surface area contributed by atoms with E-state index in [1.165, 1.54) is 31.4 Å². The van der Waals surface area contributed by atoms with Crippen LogP contribution >= 0.6 is 0 Å². The van der Waals surface area contributed by atoms with Crippen molar-refractivity contribution >= 4 is 23.3 Å². The molecule has 28 heavy (non-hydrogen) atoms. The van der Waals surface area contributed by atoms with Gasteiger partial charge in [0.2, 0.25) is 0 Å². The lowest BCUT2D eigenvalue weighted by Gasteiger charge is -2.44. The highest BCUT2D eigenvalue weighted by molar-refractivity contribution is 5.97. The molecule has 1 saturated carbocycles. The Morgan fingerprint density at radius 1 is 1.25 bits per heavy atom. The van der Waals surface area contributed by atoms with Gasteiger partial charge in [0.05, 0.1) is 11.3 Å².